The average molecular weight is 503 g/mol. The molecular formula is C22H24BClN4O5S. The van der Waals surface area contributed by atoms with Crippen molar-refractivity contribution in [2.24, 2.45) is 0 Å². The maximum Gasteiger partial charge on any atom is 0.307 e. The zero-order chi connectivity index (χ0) is 24.3. The second-order valence-electron chi connectivity index (χ2n) is 8.01. The number of aryl methyl sites for hydroxylation is 1. The van der Waals surface area contributed by atoms with Gasteiger partial charge in [-0.3, -0.25) is 9.48 Å². The van der Waals surface area contributed by atoms with Gasteiger partial charge in [0.2, 0.25) is 15.9 Å². The van der Waals surface area contributed by atoms with Gasteiger partial charge in [-0.15, -0.1) is 0 Å². The zero-order valence-corrected chi connectivity index (χ0v) is 20.4. The minimum absolute atomic E-state index is 0.0543. The second-order valence-corrected chi connectivity index (χ2v) is 10.2. The van der Waals surface area contributed by atoms with E-state index in [0.29, 0.717) is 35.1 Å². The van der Waals surface area contributed by atoms with Gasteiger partial charge in [0, 0.05) is 16.3 Å². The summed E-state index contributed by atoms with van der Waals surface area (Å²) in [6.45, 7) is 0.389. The first-order valence-electron chi connectivity index (χ1n) is 10.8. The molecule has 0 unspecified atom stereocenters. The third-order valence-electron chi connectivity index (χ3n) is 5.66. The molecule has 2 aromatic heterocycles. The first-order chi connectivity index (χ1) is 16.3. The Balaban J connectivity index is 1.49. The first kappa shape index (κ1) is 24.2. The van der Waals surface area contributed by atoms with Crippen molar-refractivity contribution in [3.8, 4) is 11.6 Å². The molecule has 0 aliphatic heterocycles. The normalized spacial score (nSPS) is 15.5. The summed E-state index contributed by atoms with van der Waals surface area (Å²) in [5.41, 5.74) is 2.34. The van der Waals surface area contributed by atoms with Crippen molar-refractivity contribution in [3.05, 3.63) is 59.0 Å². The lowest BCUT2D eigenvalue weighted by Crippen LogP contribution is -2.32. The standard InChI is InChI=1S/C22H24BClN4O5S/c1-32-21(29)9-10-28-20-4-2-3-19(17(20)13-26-28)27-34(30,31)16-11-18(23)22(25-12-16)33-15-7-5-14(24)6-8-15/h5-8,11-13,19,27H,2-4,9-10,23H2,1H3/t19-/m1/s1. The van der Waals surface area contributed by atoms with Gasteiger partial charge in [-0.05, 0) is 55.1 Å². The van der Waals surface area contributed by atoms with Gasteiger partial charge in [0.05, 0.1) is 38.5 Å². The molecule has 1 aliphatic rings. The number of esters is 1. The number of aromatic nitrogens is 3. The third kappa shape index (κ3) is 5.43. The van der Waals surface area contributed by atoms with Crippen LogP contribution in [0.2, 0.25) is 5.02 Å². The van der Waals surface area contributed by atoms with E-state index in [1.54, 1.807) is 43.0 Å². The van der Waals surface area contributed by atoms with Crippen LogP contribution in [0.3, 0.4) is 0 Å². The number of fused-ring (bicyclic) bond motifs is 1. The maximum absolute atomic E-state index is 13.1. The Morgan fingerprint density at radius 2 is 2.06 bits per heavy atom. The highest BCUT2D eigenvalue weighted by atomic mass is 35.5. The van der Waals surface area contributed by atoms with E-state index in [1.165, 1.54) is 19.4 Å². The van der Waals surface area contributed by atoms with E-state index >= 15 is 0 Å². The van der Waals surface area contributed by atoms with Crippen molar-refractivity contribution in [1.82, 2.24) is 19.5 Å². The molecule has 0 saturated carbocycles. The Morgan fingerprint density at radius 1 is 1.29 bits per heavy atom. The fourth-order valence-electron chi connectivity index (χ4n) is 3.89. The van der Waals surface area contributed by atoms with Gasteiger partial charge >= 0.3 is 5.97 Å². The fourth-order valence-corrected chi connectivity index (χ4v) is 5.30. The molecule has 0 radical (unpaired) electrons. The number of halogens is 1. The Labute approximate surface area is 203 Å². The number of carbonyl (C=O) groups excluding carboxylic acids is 1. The largest absolute Gasteiger partial charge is 0.469 e. The van der Waals surface area contributed by atoms with Crippen LogP contribution >= 0.6 is 11.6 Å². The van der Waals surface area contributed by atoms with Crippen LogP contribution in [-0.4, -0.2) is 44.1 Å². The van der Waals surface area contributed by atoms with Gasteiger partial charge in [0.1, 0.15) is 18.5 Å². The quantitative estimate of drug-likeness (QED) is 0.370. The van der Waals surface area contributed by atoms with Crippen molar-refractivity contribution >= 4 is 40.9 Å². The Bertz CT molecular complexity index is 1300. The summed E-state index contributed by atoms with van der Waals surface area (Å²) < 4.78 is 41.3. The van der Waals surface area contributed by atoms with Crippen LogP contribution in [0.25, 0.3) is 0 Å². The molecule has 178 valence electrons. The molecule has 12 heteroatoms. The Morgan fingerprint density at radius 3 is 2.76 bits per heavy atom. The SMILES string of the molecule is Bc1cc(S(=O)(=O)N[C@@H]2CCCc3c2cnn3CCC(=O)OC)cnc1Oc1ccc(Cl)cc1. The number of hydrogen-bond donors (Lipinski definition) is 1. The average Bonchev–Trinajstić information content (AvgIpc) is 3.24. The molecule has 2 heterocycles. The van der Waals surface area contributed by atoms with Crippen molar-refractivity contribution in [2.45, 2.75) is 43.2 Å². The summed E-state index contributed by atoms with van der Waals surface area (Å²) >= 11 is 5.90. The van der Waals surface area contributed by atoms with Crippen LogP contribution in [0.4, 0.5) is 0 Å². The molecule has 0 fully saturated rings. The lowest BCUT2D eigenvalue weighted by molar-refractivity contribution is -0.140. The van der Waals surface area contributed by atoms with E-state index in [4.69, 9.17) is 21.1 Å². The van der Waals surface area contributed by atoms with Crippen molar-refractivity contribution in [2.75, 3.05) is 7.11 Å². The van der Waals surface area contributed by atoms with Crippen LogP contribution in [0.15, 0.2) is 47.6 Å². The number of hydrogen-bond acceptors (Lipinski definition) is 7. The molecule has 0 bridgehead atoms. The second kappa shape index (κ2) is 10.2. The van der Waals surface area contributed by atoms with Crippen LogP contribution < -0.4 is 14.9 Å². The summed E-state index contributed by atoms with van der Waals surface area (Å²) in [5, 5.41) is 4.95. The minimum Gasteiger partial charge on any atom is -0.469 e. The minimum atomic E-state index is -3.84. The number of nitrogens with zero attached hydrogens (tertiary/aromatic N) is 3. The van der Waals surface area contributed by atoms with Crippen LogP contribution in [0.5, 0.6) is 11.6 Å². The number of rotatable bonds is 8. The van der Waals surface area contributed by atoms with Crippen molar-refractivity contribution in [1.29, 1.82) is 0 Å². The summed E-state index contributed by atoms with van der Waals surface area (Å²) in [7, 11) is -0.754. The number of carbonyl (C=O) groups is 1. The molecule has 1 aromatic carbocycles. The Kier molecular flexibility index (Phi) is 7.25. The molecule has 3 aromatic rings. The van der Waals surface area contributed by atoms with Crippen molar-refractivity contribution in [3.63, 3.8) is 0 Å². The van der Waals surface area contributed by atoms with E-state index in [2.05, 4.69) is 14.8 Å². The predicted molar refractivity (Wildman–Crippen MR) is 129 cm³/mol. The molecule has 1 aliphatic carbocycles. The number of ether oxygens (including phenoxy) is 2. The lowest BCUT2D eigenvalue weighted by Gasteiger charge is -2.24. The molecular weight excluding hydrogens is 479 g/mol. The number of sulfonamides is 1. The summed E-state index contributed by atoms with van der Waals surface area (Å²) in [5.74, 6) is 0.546. The van der Waals surface area contributed by atoms with Crippen LogP contribution in [-0.2, 0) is 32.5 Å². The Hall–Kier alpha value is -2.89. The predicted octanol–water partition coefficient (Wildman–Crippen LogP) is 1.90. The summed E-state index contributed by atoms with van der Waals surface area (Å²) in [4.78, 5) is 15.7. The van der Waals surface area contributed by atoms with E-state index in [1.807, 2.05) is 0 Å². The van der Waals surface area contributed by atoms with E-state index in [9.17, 15) is 13.2 Å². The molecule has 1 N–H and O–H groups in total. The summed E-state index contributed by atoms with van der Waals surface area (Å²) in [6, 6.07) is 7.94. The lowest BCUT2D eigenvalue weighted by atomic mass is 9.94. The van der Waals surface area contributed by atoms with Gasteiger partial charge in [-0.1, -0.05) is 11.6 Å². The number of benzene rings is 1. The highest BCUT2D eigenvalue weighted by Crippen LogP contribution is 2.31. The number of nitrogens with one attached hydrogen (secondary N) is 1. The molecule has 1 atom stereocenters. The van der Waals surface area contributed by atoms with Gasteiger partial charge in [-0.25, -0.2) is 18.1 Å². The van der Waals surface area contributed by atoms with Gasteiger partial charge in [0.25, 0.3) is 0 Å². The first-order valence-corrected chi connectivity index (χ1v) is 12.7. The molecule has 0 saturated heterocycles. The van der Waals surface area contributed by atoms with Gasteiger partial charge < -0.3 is 9.47 Å². The monoisotopic (exact) mass is 502 g/mol. The molecule has 4 rings (SSSR count). The van der Waals surface area contributed by atoms with Crippen molar-refractivity contribution < 1.29 is 22.7 Å². The zero-order valence-electron chi connectivity index (χ0n) is 18.8. The molecule has 34 heavy (non-hydrogen) atoms. The van der Waals surface area contributed by atoms with E-state index < -0.39 is 16.1 Å². The highest BCUT2D eigenvalue weighted by Gasteiger charge is 2.29. The van der Waals surface area contributed by atoms with Gasteiger partial charge in [-0.2, -0.15) is 5.10 Å². The molecule has 0 amide bonds. The van der Waals surface area contributed by atoms with E-state index in [0.717, 1.165) is 24.1 Å². The fraction of sp³-hybridized carbons (Fsp3) is 0.318. The molecule has 9 nitrogen and oxygen atoms in total. The number of methoxy groups -OCH3 is 1. The van der Waals surface area contributed by atoms with Crippen LogP contribution in [0.1, 0.15) is 36.6 Å². The highest BCUT2D eigenvalue weighted by molar-refractivity contribution is 7.89. The maximum atomic E-state index is 13.1. The molecule has 0 spiro atoms. The topological polar surface area (TPSA) is 112 Å². The van der Waals surface area contributed by atoms with E-state index in [-0.39, 0.29) is 17.3 Å². The van der Waals surface area contributed by atoms with Crippen LogP contribution in [0, 0.1) is 0 Å². The number of pyridine rings is 1. The van der Waals surface area contributed by atoms with Gasteiger partial charge in [0.15, 0.2) is 0 Å². The smallest absolute Gasteiger partial charge is 0.307 e. The summed E-state index contributed by atoms with van der Waals surface area (Å²) in [6.07, 6.45) is 5.38. The third-order valence-corrected chi connectivity index (χ3v) is 7.35.